The molecule has 0 spiro atoms. The van der Waals surface area contributed by atoms with E-state index in [4.69, 9.17) is 0 Å². The second kappa shape index (κ2) is 6.43. The minimum atomic E-state index is -3.82. The van der Waals surface area contributed by atoms with Crippen LogP contribution in [0.5, 0.6) is 0 Å². The van der Waals surface area contributed by atoms with Crippen LogP contribution < -0.4 is 9.62 Å². The Morgan fingerprint density at radius 2 is 1.77 bits per heavy atom. The van der Waals surface area contributed by atoms with E-state index in [2.05, 4.69) is 5.32 Å². The molecule has 1 N–H and O–H groups in total. The molecule has 1 unspecified atom stereocenters. The number of likely N-dealkylation sites (N-methyl/N-ethyl adjacent to an activating group) is 1. The zero-order chi connectivity index (χ0) is 18.3. The summed E-state index contributed by atoms with van der Waals surface area (Å²) < 4.78 is 28.2. The van der Waals surface area contributed by atoms with E-state index in [-0.39, 0.29) is 10.8 Å². The molecule has 2 aliphatic rings. The Balaban J connectivity index is 1.81. The molecule has 0 saturated carbocycles. The molecular formula is C20H22N2O3S. The molecule has 1 aliphatic heterocycles. The van der Waals surface area contributed by atoms with Crippen LogP contribution in [0.2, 0.25) is 0 Å². The van der Waals surface area contributed by atoms with Gasteiger partial charge in [-0.25, -0.2) is 8.42 Å². The van der Waals surface area contributed by atoms with Crippen LogP contribution in [0.15, 0.2) is 47.4 Å². The van der Waals surface area contributed by atoms with E-state index in [1.54, 1.807) is 24.3 Å². The summed E-state index contributed by atoms with van der Waals surface area (Å²) in [6, 6.07) is 12.0. The van der Waals surface area contributed by atoms with Gasteiger partial charge in [0.1, 0.15) is 6.04 Å². The summed E-state index contributed by atoms with van der Waals surface area (Å²) in [5.74, 6) is -0.289. The Bertz CT molecular complexity index is 969. The first kappa shape index (κ1) is 17.1. The highest BCUT2D eigenvalue weighted by atomic mass is 32.2. The Morgan fingerprint density at radius 3 is 2.54 bits per heavy atom. The number of hydrogen-bond acceptors (Lipinski definition) is 3. The number of hydrogen-bond donors (Lipinski definition) is 1. The molecule has 1 heterocycles. The number of sulfonamides is 1. The molecule has 2 aromatic rings. The second-order valence-electron chi connectivity index (χ2n) is 6.90. The average molecular weight is 370 g/mol. The first-order valence-electron chi connectivity index (χ1n) is 8.98. The minimum absolute atomic E-state index is 0.267. The van der Waals surface area contributed by atoms with Gasteiger partial charge in [-0.1, -0.05) is 24.3 Å². The SMILES string of the molecule is CNC(=O)C1Cc2ccccc2N1S(=O)(=O)c1ccc2c(c1)CCCC2. The number of carbonyl (C=O) groups is 1. The van der Waals surface area contributed by atoms with E-state index >= 15 is 0 Å². The Hall–Kier alpha value is -2.34. The molecule has 1 aliphatic carbocycles. The van der Waals surface area contributed by atoms with E-state index < -0.39 is 16.1 Å². The van der Waals surface area contributed by atoms with Crippen LogP contribution in [-0.4, -0.2) is 27.4 Å². The van der Waals surface area contributed by atoms with Crippen molar-refractivity contribution >= 4 is 21.6 Å². The van der Waals surface area contributed by atoms with Gasteiger partial charge in [-0.05, 0) is 60.6 Å². The molecule has 2 aromatic carbocycles. The average Bonchev–Trinajstić information content (AvgIpc) is 3.07. The zero-order valence-electron chi connectivity index (χ0n) is 14.7. The van der Waals surface area contributed by atoms with Gasteiger partial charge in [0.2, 0.25) is 5.91 Å². The molecule has 0 fully saturated rings. The largest absolute Gasteiger partial charge is 0.357 e. The lowest BCUT2D eigenvalue weighted by Gasteiger charge is -2.26. The number of carbonyl (C=O) groups excluding carboxylic acids is 1. The topological polar surface area (TPSA) is 66.5 Å². The molecule has 1 amide bonds. The quantitative estimate of drug-likeness (QED) is 0.902. The van der Waals surface area contributed by atoms with Crippen molar-refractivity contribution in [1.82, 2.24) is 5.32 Å². The number of benzene rings is 2. The number of anilines is 1. The van der Waals surface area contributed by atoms with E-state index in [1.165, 1.54) is 16.9 Å². The molecule has 0 aromatic heterocycles. The molecule has 136 valence electrons. The van der Waals surface area contributed by atoms with Gasteiger partial charge in [-0.3, -0.25) is 9.10 Å². The van der Waals surface area contributed by atoms with Crippen molar-refractivity contribution in [2.24, 2.45) is 0 Å². The van der Waals surface area contributed by atoms with Gasteiger partial charge >= 0.3 is 0 Å². The van der Waals surface area contributed by atoms with Gasteiger partial charge in [0, 0.05) is 13.5 Å². The third kappa shape index (κ3) is 2.69. The van der Waals surface area contributed by atoms with Crippen molar-refractivity contribution in [2.45, 2.75) is 43.0 Å². The van der Waals surface area contributed by atoms with E-state index in [9.17, 15) is 13.2 Å². The van der Waals surface area contributed by atoms with Gasteiger partial charge in [0.05, 0.1) is 10.6 Å². The summed E-state index contributed by atoms with van der Waals surface area (Å²) >= 11 is 0. The first-order valence-corrected chi connectivity index (χ1v) is 10.4. The summed E-state index contributed by atoms with van der Waals surface area (Å²) in [5.41, 5.74) is 3.82. The Labute approximate surface area is 154 Å². The van der Waals surface area contributed by atoms with Crippen molar-refractivity contribution in [2.75, 3.05) is 11.4 Å². The number of aryl methyl sites for hydroxylation is 2. The molecule has 5 nitrogen and oxygen atoms in total. The van der Waals surface area contributed by atoms with E-state index in [0.717, 1.165) is 36.8 Å². The highest BCUT2D eigenvalue weighted by molar-refractivity contribution is 7.93. The summed E-state index contributed by atoms with van der Waals surface area (Å²) in [6.07, 6.45) is 4.54. The Kier molecular flexibility index (Phi) is 4.23. The number of nitrogens with zero attached hydrogens (tertiary/aromatic N) is 1. The predicted octanol–water partition coefficient (Wildman–Crippen LogP) is 2.43. The summed E-state index contributed by atoms with van der Waals surface area (Å²) in [5, 5.41) is 2.60. The fraction of sp³-hybridized carbons (Fsp3) is 0.350. The molecular weight excluding hydrogens is 348 g/mol. The first-order chi connectivity index (χ1) is 12.5. The number of fused-ring (bicyclic) bond motifs is 2. The Morgan fingerprint density at radius 1 is 1.04 bits per heavy atom. The fourth-order valence-electron chi connectivity index (χ4n) is 4.00. The maximum absolute atomic E-state index is 13.5. The predicted molar refractivity (Wildman–Crippen MR) is 101 cm³/mol. The lowest BCUT2D eigenvalue weighted by Crippen LogP contribution is -2.47. The standard InChI is InChI=1S/C20H22N2O3S/c1-21-20(23)19-13-16-8-4-5-9-18(16)22(19)26(24,25)17-11-10-14-6-2-3-7-15(14)12-17/h4-5,8-12,19H,2-3,6-7,13H2,1H3,(H,21,23). The van der Waals surface area contributed by atoms with Gasteiger partial charge in [0.25, 0.3) is 10.0 Å². The van der Waals surface area contributed by atoms with Crippen molar-refractivity contribution in [1.29, 1.82) is 0 Å². The van der Waals surface area contributed by atoms with Crippen molar-refractivity contribution in [3.8, 4) is 0 Å². The van der Waals surface area contributed by atoms with Gasteiger partial charge in [0.15, 0.2) is 0 Å². The molecule has 0 bridgehead atoms. The summed E-state index contributed by atoms with van der Waals surface area (Å²) in [6.45, 7) is 0. The van der Waals surface area contributed by atoms with Crippen LogP contribution in [0.1, 0.15) is 29.5 Å². The number of rotatable bonds is 3. The van der Waals surface area contributed by atoms with Crippen LogP contribution in [0, 0.1) is 0 Å². The number of para-hydroxylation sites is 1. The van der Waals surface area contributed by atoms with Gasteiger partial charge in [-0.15, -0.1) is 0 Å². The second-order valence-corrected chi connectivity index (χ2v) is 8.72. The maximum atomic E-state index is 13.5. The molecule has 26 heavy (non-hydrogen) atoms. The van der Waals surface area contributed by atoms with Crippen molar-refractivity contribution in [3.63, 3.8) is 0 Å². The van der Waals surface area contributed by atoms with Crippen molar-refractivity contribution in [3.05, 3.63) is 59.2 Å². The number of amides is 1. The van der Waals surface area contributed by atoms with Crippen LogP contribution in [0.3, 0.4) is 0 Å². The van der Waals surface area contributed by atoms with Gasteiger partial charge < -0.3 is 5.32 Å². The zero-order valence-corrected chi connectivity index (χ0v) is 15.6. The lowest BCUT2D eigenvalue weighted by atomic mass is 9.92. The summed E-state index contributed by atoms with van der Waals surface area (Å²) in [4.78, 5) is 12.7. The van der Waals surface area contributed by atoms with Crippen LogP contribution in [-0.2, 0) is 34.1 Å². The molecule has 1 atom stereocenters. The van der Waals surface area contributed by atoms with Gasteiger partial charge in [-0.2, -0.15) is 0 Å². The number of nitrogens with one attached hydrogen (secondary N) is 1. The monoisotopic (exact) mass is 370 g/mol. The molecule has 6 heteroatoms. The summed E-state index contributed by atoms with van der Waals surface area (Å²) in [7, 11) is -2.28. The van der Waals surface area contributed by atoms with Crippen molar-refractivity contribution < 1.29 is 13.2 Å². The van der Waals surface area contributed by atoms with E-state index in [0.29, 0.717) is 12.1 Å². The third-order valence-corrected chi connectivity index (χ3v) is 7.17. The smallest absolute Gasteiger partial charge is 0.265 e. The molecule has 0 saturated heterocycles. The highest BCUT2D eigenvalue weighted by Crippen LogP contribution is 2.37. The lowest BCUT2D eigenvalue weighted by molar-refractivity contribution is -0.121. The fourth-order valence-corrected chi connectivity index (χ4v) is 5.70. The molecule has 4 rings (SSSR count). The van der Waals surface area contributed by atoms with Crippen LogP contribution >= 0.6 is 0 Å². The van der Waals surface area contributed by atoms with Crippen LogP contribution in [0.25, 0.3) is 0 Å². The normalized spacial score (nSPS) is 19.0. The molecule has 0 radical (unpaired) electrons. The van der Waals surface area contributed by atoms with Crippen LogP contribution in [0.4, 0.5) is 5.69 Å². The highest BCUT2D eigenvalue weighted by Gasteiger charge is 2.42. The van der Waals surface area contributed by atoms with E-state index in [1.807, 2.05) is 18.2 Å². The minimum Gasteiger partial charge on any atom is -0.357 e. The third-order valence-electron chi connectivity index (χ3n) is 5.35. The maximum Gasteiger partial charge on any atom is 0.265 e.